The molecule has 0 rings (SSSR count). The molecule has 2 unspecified atom stereocenters. The van der Waals surface area contributed by atoms with E-state index in [1.165, 1.54) is 96.3 Å². The molecule has 0 radical (unpaired) electrons. The summed E-state index contributed by atoms with van der Waals surface area (Å²) in [5.74, 6) is -1.55. The number of hydrogen-bond acceptors (Lipinski definition) is 6. The van der Waals surface area contributed by atoms with Crippen LogP contribution < -0.4 is 0 Å². The van der Waals surface area contributed by atoms with Crippen molar-refractivity contribution < 1.29 is 38.2 Å². The van der Waals surface area contributed by atoms with Crippen molar-refractivity contribution in [2.75, 3.05) is 41.0 Å². The second-order valence-electron chi connectivity index (χ2n) is 17.0. The number of ether oxygens (including phenoxy) is 3. The van der Waals surface area contributed by atoms with Gasteiger partial charge in [-0.15, -0.1) is 0 Å². The minimum absolute atomic E-state index is 0.0350. The van der Waals surface area contributed by atoms with Gasteiger partial charge in [-0.05, 0) is 77.0 Å². The van der Waals surface area contributed by atoms with E-state index in [1.54, 1.807) is 0 Å². The zero-order chi connectivity index (χ0) is 43.5. The third kappa shape index (κ3) is 40.2. The van der Waals surface area contributed by atoms with Crippen molar-refractivity contribution in [2.45, 2.75) is 206 Å². The van der Waals surface area contributed by atoms with E-state index in [1.807, 2.05) is 21.1 Å². The Morgan fingerprint density at radius 1 is 0.508 bits per heavy atom. The van der Waals surface area contributed by atoms with Crippen molar-refractivity contribution in [3.63, 3.8) is 0 Å². The molecule has 0 fully saturated rings. The SMILES string of the molecule is CCCCC/C=C/C/C=C/C/C=C/C/C=C/CCCC(=O)OC(COCCC(C(=O)O)[N+](C)(C)C)COC(=O)CCCCCCC/C=C/CCCCCCCCCCC. The first-order valence-electron chi connectivity index (χ1n) is 23.8. The second-order valence-corrected chi connectivity index (χ2v) is 17.0. The number of rotatable bonds is 42. The van der Waals surface area contributed by atoms with Crippen LogP contribution in [0.2, 0.25) is 0 Å². The maximum Gasteiger partial charge on any atom is 0.362 e. The van der Waals surface area contributed by atoms with E-state index < -0.39 is 18.1 Å². The molecule has 8 heteroatoms. The molecule has 0 aliphatic carbocycles. The Bertz CT molecular complexity index is 1150. The van der Waals surface area contributed by atoms with Crippen LogP contribution in [0.15, 0.2) is 60.8 Å². The smallest absolute Gasteiger partial charge is 0.362 e. The molecule has 0 saturated carbocycles. The number of carboxylic acids is 1. The fourth-order valence-electron chi connectivity index (χ4n) is 6.67. The Balaban J connectivity index is 4.40. The highest BCUT2D eigenvalue weighted by molar-refractivity contribution is 5.72. The lowest BCUT2D eigenvalue weighted by molar-refractivity contribution is -0.887. The van der Waals surface area contributed by atoms with Gasteiger partial charge < -0.3 is 23.8 Å². The topological polar surface area (TPSA) is 99.1 Å². The lowest BCUT2D eigenvalue weighted by Gasteiger charge is -2.31. The van der Waals surface area contributed by atoms with E-state index in [-0.39, 0.29) is 42.7 Å². The number of esters is 2. The summed E-state index contributed by atoms with van der Waals surface area (Å²) in [5.41, 5.74) is 0. The van der Waals surface area contributed by atoms with Crippen LogP contribution in [0, 0.1) is 0 Å². The average Bonchev–Trinajstić information content (AvgIpc) is 3.19. The molecule has 0 aromatic rings. The highest BCUT2D eigenvalue weighted by atomic mass is 16.6. The lowest BCUT2D eigenvalue weighted by atomic mass is 10.1. The van der Waals surface area contributed by atoms with Crippen molar-refractivity contribution in [1.82, 2.24) is 0 Å². The number of quaternary nitrogens is 1. The molecule has 1 N–H and O–H groups in total. The Hall–Kier alpha value is -2.97. The van der Waals surface area contributed by atoms with Gasteiger partial charge in [0.25, 0.3) is 0 Å². The molecule has 0 spiro atoms. The summed E-state index contributed by atoms with van der Waals surface area (Å²) in [7, 11) is 5.51. The molecule has 0 saturated heterocycles. The van der Waals surface area contributed by atoms with Crippen LogP contribution in [0.1, 0.15) is 194 Å². The van der Waals surface area contributed by atoms with Gasteiger partial charge in [0, 0.05) is 19.3 Å². The van der Waals surface area contributed by atoms with E-state index in [9.17, 15) is 19.5 Å². The van der Waals surface area contributed by atoms with Crippen molar-refractivity contribution in [2.24, 2.45) is 0 Å². The summed E-state index contributed by atoms with van der Waals surface area (Å²) >= 11 is 0. The van der Waals surface area contributed by atoms with Gasteiger partial charge in [0.1, 0.15) is 6.61 Å². The van der Waals surface area contributed by atoms with Gasteiger partial charge in [-0.1, -0.05) is 158 Å². The molecule has 0 aromatic heterocycles. The predicted octanol–water partition coefficient (Wildman–Crippen LogP) is 13.4. The van der Waals surface area contributed by atoms with E-state index in [2.05, 4.69) is 74.6 Å². The van der Waals surface area contributed by atoms with Gasteiger partial charge in [0.05, 0.1) is 34.4 Å². The summed E-state index contributed by atoms with van der Waals surface area (Å²) in [6, 6.07) is -0.627. The zero-order valence-corrected chi connectivity index (χ0v) is 38.7. The average molecular weight is 829 g/mol. The van der Waals surface area contributed by atoms with Crippen molar-refractivity contribution >= 4 is 17.9 Å². The maximum atomic E-state index is 12.7. The highest BCUT2D eigenvalue weighted by Crippen LogP contribution is 2.13. The first kappa shape index (κ1) is 56.0. The molecule has 8 nitrogen and oxygen atoms in total. The number of likely N-dealkylation sites (N-methyl/N-ethyl adjacent to an activating group) is 1. The molecule has 2 atom stereocenters. The molecular formula is C51H90NO7+. The second kappa shape index (κ2) is 41.8. The minimum Gasteiger partial charge on any atom is -0.477 e. The van der Waals surface area contributed by atoms with Crippen LogP contribution in [0.5, 0.6) is 0 Å². The van der Waals surface area contributed by atoms with Gasteiger partial charge in [-0.25, -0.2) is 4.79 Å². The standard InChI is InChI=1S/C51H89NO7/c1-6-8-10-12-14-16-18-20-22-24-26-27-29-31-33-35-37-39-41-49(53)58-46-47(45-57-44-43-48(51(55)56)52(3,4)5)59-50(54)42-40-38-36-34-32-30-28-25-23-21-19-17-15-13-11-9-7-2/h15,17,21,23,26-28,30,34,36,47-48H,6-14,16,18-20,22,24-25,29,31-33,35,37-46H2,1-5H3/p+1/b17-15+,23-21+,27-26+,30-28+,36-34+. The number of carbonyl (C=O) groups excluding carboxylic acids is 2. The molecule has 0 heterocycles. The van der Waals surface area contributed by atoms with Crippen molar-refractivity contribution in [3.05, 3.63) is 60.8 Å². The van der Waals surface area contributed by atoms with Gasteiger partial charge >= 0.3 is 17.9 Å². The lowest BCUT2D eigenvalue weighted by Crippen LogP contribution is -2.50. The summed E-state index contributed by atoms with van der Waals surface area (Å²) in [4.78, 5) is 37.0. The minimum atomic E-state index is -0.886. The van der Waals surface area contributed by atoms with Crippen LogP contribution in [0.25, 0.3) is 0 Å². The third-order valence-corrected chi connectivity index (χ3v) is 10.4. The van der Waals surface area contributed by atoms with Crippen molar-refractivity contribution in [3.8, 4) is 0 Å². The monoisotopic (exact) mass is 829 g/mol. The number of nitrogens with zero attached hydrogens (tertiary/aromatic N) is 1. The summed E-state index contributed by atoms with van der Waals surface area (Å²) in [6.45, 7) is 4.64. The Kier molecular flexibility index (Phi) is 39.6. The van der Waals surface area contributed by atoms with Crippen LogP contribution in [-0.4, -0.2) is 80.6 Å². The van der Waals surface area contributed by atoms with E-state index in [4.69, 9.17) is 14.2 Å². The number of carbonyl (C=O) groups is 3. The van der Waals surface area contributed by atoms with E-state index in [0.29, 0.717) is 19.3 Å². The van der Waals surface area contributed by atoms with Crippen LogP contribution in [-0.2, 0) is 28.6 Å². The maximum absolute atomic E-state index is 12.7. The Morgan fingerprint density at radius 2 is 0.915 bits per heavy atom. The van der Waals surface area contributed by atoms with Crippen LogP contribution in [0.3, 0.4) is 0 Å². The Morgan fingerprint density at radius 3 is 1.42 bits per heavy atom. The number of hydrogen-bond donors (Lipinski definition) is 1. The van der Waals surface area contributed by atoms with Gasteiger partial charge in [-0.2, -0.15) is 0 Å². The molecule has 0 bridgehead atoms. The van der Waals surface area contributed by atoms with Crippen molar-refractivity contribution in [1.29, 1.82) is 0 Å². The summed E-state index contributed by atoms with van der Waals surface area (Å²) in [6.07, 6.45) is 51.3. The largest absolute Gasteiger partial charge is 0.477 e. The first-order valence-corrected chi connectivity index (χ1v) is 23.8. The van der Waals surface area contributed by atoms with Gasteiger partial charge in [0.2, 0.25) is 0 Å². The first-order chi connectivity index (χ1) is 28.6. The molecular weight excluding hydrogens is 739 g/mol. The quantitative estimate of drug-likeness (QED) is 0.0283. The molecule has 59 heavy (non-hydrogen) atoms. The number of carboxylic acid groups (broad SMARTS) is 1. The third-order valence-electron chi connectivity index (χ3n) is 10.4. The number of allylic oxidation sites excluding steroid dienone is 10. The Labute approximate surface area is 362 Å². The van der Waals surface area contributed by atoms with E-state index in [0.717, 1.165) is 57.8 Å². The molecule has 340 valence electrons. The number of unbranched alkanes of at least 4 members (excludes halogenated alkanes) is 18. The van der Waals surface area contributed by atoms with Crippen LogP contribution in [0.4, 0.5) is 0 Å². The van der Waals surface area contributed by atoms with Gasteiger partial charge in [0.15, 0.2) is 12.1 Å². The van der Waals surface area contributed by atoms with Crippen LogP contribution >= 0.6 is 0 Å². The van der Waals surface area contributed by atoms with Gasteiger partial charge in [-0.3, -0.25) is 9.59 Å². The van der Waals surface area contributed by atoms with E-state index >= 15 is 0 Å². The highest BCUT2D eigenvalue weighted by Gasteiger charge is 2.31. The molecule has 0 aliphatic rings. The zero-order valence-electron chi connectivity index (χ0n) is 38.7. The predicted molar refractivity (Wildman–Crippen MR) is 247 cm³/mol. The number of aliphatic carboxylic acids is 1. The molecule has 0 aliphatic heterocycles. The summed E-state index contributed by atoms with van der Waals surface area (Å²) < 4.78 is 17.2. The fourth-order valence-corrected chi connectivity index (χ4v) is 6.67. The molecule has 0 amide bonds. The normalized spacial score (nSPS) is 13.4. The molecule has 0 aromatic carbocycles. The summed E-state index contributed by atoms with van der Waals surface area (Å²) in [5, 5.41) is 9.63. The fraction of sp³-hybridized carbons (Fsp3) is 0.745.